The van der Waals surface area contributed by atoms with E-state index in [0.717, 1.165) is 31.2 Å². The van der Waals surface area contributed by atoms with Gasteiger partial charge in [-0.2, -0.15) is 0 Å². The lowest BCUT2D eigenvalue weighted by atomic mass is 9.86. The van der Waals surface area contributed by atoms with Crippen LogP contribution in [0.15, 0.2) is 76.5 Å². The molecule has 0 radical (unpaired) electrons. The fraction of sp³-hybridized carbons (Fsp3) is 0.286. The van der Waals surface area contributed by atoms with E-state index >= 15 is 0 Å². The summed E-state index contributed by atoms with van der Waals surface area (Å²) in [4.78, 5) is 28.3. The fourth-order valence-electron chi connectivity index (χ4n) is 5.06. The standard InChI is InChI=1S/C28H27ClN2O4S/c1-18-6-2-4-8-23(18)30-27(32)20-12-15-26-24(16-20)31(17-19-10-13-21(29)14-11-19)28(33)22-7-3-5-9-25(22)36(26,34)35/h3,5,7,9-16,18,23H,2,4,6,8,17H2,1H3,(H,30,32). The number of halogens is 1. The number of amides is 2. The fourth-order valence-corrected chi connectivity index (χ4v) is 6.82. The first-order valence-corrected chi connectivity index (χ1v) is 14.0. The van der Waals surface area contributed by atoms with Gasteiger partial charge in [0.25, 0.3) is 11.8 Å². The van der Waals surface area contributed by atoms with Crippen LogP contribution >= 0.6 is 11.6 Å². The van der Waals surface area contributed by atoms with E-state index in [1.54, 1.807) is 36.4 Å². The Kier molecular flexibility index (Phi) is 6.62. The third-order valence-corrected chi connectivity index (χ3v) is 9.25. The van der Waals surface area contributed by atoms with Gasteiger partial charge in [0.1, 0.15) is 0 Å². The summed E-state index contributed by atoms with van der Waals surface area (Å²) in [5.41, 5.74) is 1.39. The van der Waals surface area contributed by atoms with Crippen LogP contribution in [0.1, 0.15) is 58.9 Å². The van der Waals surface area contributed by atoms with Gasteiger partial charge in [-0.15, -0.1) is 0 Å². The molecule has 6 nitrogen and oxygen atoms in total. The Labute approximate surface area is 216 Å². The van der Waals surface area contributed by atoms with E-state index in [4.69, 9.17) is 11.6 Å². The van der Waals surface area contributed by atoms with Gasteiger partial charge in [0.2, 0.25) is 9.84 Å². The molecule has 0 aromatic heterocycles. The first kappa shape index (κ1) is 24.5. The molecule has 1 N–H and O–H groups in total. The number of fused-ring (bicyclic) bond motifs is 2. The maximum Gasteiger partial charge on any atom is 0.259 e. The van der Waals surface area contributed by atoms with Crippen molar-refractivity contribution >= 4 is 38.9 Å². The van der Waals surface area contributed by atoms with Crippen molar-refractivity contribution in [2.75, 3.05) is 4.90 Å². The van der Waals surface area contributed by atoms with E-state index in [1.807, 2.05) is 0 Å². The highest BCUT2D eigenvalue weighted by Gasteiger charge is 2.36. The van der Waals surface area contributed by atoms with Gasteiger partial charge in [-0.05, 0) is 66.8 Å². The van der Waals surface area contributed by atoms with Gasteiger partial charge >= 0.3 is 0 Å². The molecule has 3 aromatic rings. The highest BCUT2D eigenvalue weighted by Crippen LogP contribution is 2.38. The summed E-state index contributed by atoms with van der Waals surface area (Å²) in [6.07, 6.45) is 4.21. The second-order valence-corrected chi connectivity index (χ2v) is 11.9. The molecule has 3 aromatic carbocycles. The highest BCUT2D eigenvalue weighted by molar-refractivity contribution is 7.91. The first-order chi connectivity index (χ1) is 17.3. The molecule has 2 aliphatic rings. The molecule has 1 aliphatic carbocycles. The highest BCUT2D eigenvalue weighted by atomic mass is 35.5. The van der Waals surface area contributed by atoms with E-state index in [-0.39, 0.29) is 39.5 Å². The average molecular weight is 523 g/mol. The number of benzene rings is 3. The molecule has 2 amide bonds. The van der Waals surface area contributed by atoms with Crippen LogP contribution < -0.4 is 10.2 Å². The molecule has 186 valence electrons. The summed E-state index contributed by atoms with van der Waals surface area (Å²) in [7, 11) is -4.00. The zero-order valence-corrected chi connectivity index (χ0v) is 21.5. The number of carbonyl (C=O) groups is 2. The summed E-state index contributed by atoms with van der Waals surface area (Å²) in [5, 5.41) is 3.68. The van der Waals surface area contributed by atoms with Crippen molar-refractivity contribution in [1.29, 1.82) is 0 Å². The van der Waals surface area contributed by atoms with Crippen LogP contribution in [0, 0.1) is 5.92 Å². The molecule has 2 unspecified atom stereocenters. The molecule has 1 aliphatic heterocycles. The van der Waals surface area contributed by atoms with E-state index in [9.17, 15) is 18.0 Å². The number of rotatable bonds is 4. The molecule has 8 heteroatoms. The number of hydrogen-bond donors (Lipinski definition) is 1. The average Bonchev–Trinajstić information content (AvgIpc) is 2.94. The van der Waals surface area contributed by atoms with Gasteiger partial charge in [0.15, 0.2) is 0 Å². The Morgan fingerprint density at radius 2 is 1.72 bits per heavy atom. The summed E-state index contributed by atoms with van der Waals surface area (Å²) in [5.74, 6) is -0.336. The third kappa shape index (κ3) is 4.53. The minimum absolute atomic E-state index is 0.00246. The van der Waals surface area contributed by atoms with Crippen molar-refractivity contribution in [3.05, 3.63) is 88.4 Å². The Balaban J connectivity index is 1.60. The van der Waals surface area contributed by atoms with Crippen molar-refractivity contribution in [2.45, 2.75) is 55.0 Å². The molecule has 36 heavy (non-hydrogen) atoms. The Hall–Kier alpha value is -3.16. The molecular formula is C28H27ClN2O4S. The normalized spacial score (nSPS) is 20.7. The number of carbonyl (C=O) groups excluding carboxylic acids is 2. The van der Waals surface area contributed by atoms with E-state index < -0.39 is 15.7 Å². The molecule has 0 bridgehead atoms. The SMILES string of the molecule is CC1CCCCC1NC(=O)c1ccc2c(c1)N(Cc1ccc(Cl)cc1)C(=O)c1ccccc1S2(=O)=O. The van der Waals surface area contributed by atoms with Crippen molar-refractivity contribution in [3.8, 4) is 0 Å². The zero-order valence-electron chi connectivity index (χ0n) is 19.9. The van der Waals surface area contributed by atoms with Gasteiger partial charge < -0.3 is 10.2 Å². The van der Waals surface area contributed by atoms with Gasteiger partial charge in [-0.25, -0.2) is 8.42 Å². The molecule has 0 saturated heterocycles. The van der Waals surface area contributed by atoms with Crippen molar-refractivity contribution < 1.29 is 18.0 Å². The minimum atomic E-state index is -4.00. The Morgan fingerprint density at radius 1 is 1.00 bits per heavy atom. The van der Waals surface area contributed by atoms with Crippen molar-refractivity contribution in [3.63, 3.8) is 0 Å². The lowest BCUT2D eigenvalue weighted by molar-refractivity contribution is 0.0908. The lowest BCUT2D eigenvalue weighted by Crippen LogP contribution is -2.41. The van der Waals surface area contributed by atoms with Crippen molar-refractivity contribution in [1.82, 2.24) is 5.32 Å². The second-order valence-electron chi connectivity index (χ2n) is 9.54. The van der Waals surface area contributed by atoms with Crippen LogP contribution in [-0.2, 0) is 16.4 Å². The first-order valence-electron chi connectivity index (χ1n) is 12.1. The number of anilines is 1. The van der Waals surface area contributed by atoms with Crippen LogP contribution in [0.3, 0.4) is 0 Å². The third-order valence-electron chi connectivity index (χ3n) is 7.14. The maximum atomic E-state index is 13.7. The monoisotopic (exact) mass is 522 g/mol. The Bertz CT molecular complexity index is 1440. The molecule has 2 atom stereocenters. The molecular weight excluding hydrogens is 496 g/mol. The number of sulfone groups is 1. The summed E-state index contributed by atoms with van der Waals surface area (Å²) >= 11 is 6.04. The largest absolute Gasteiger partial charge is 0.349 e. The van der Waals surface area contributed by atoms with Gasteiger partial charge in [-0.1, -0.05) is 55.6 Å². The number of nitrogens with zero attached hydrogens (tertiary/aromatic N) is 1. The quantitative estimate of drug-likeness (QED) is 0.480. The molecule has 1 fully saturated rings. The minimum Gasteiger partial charge on any atom is -0.349 e. The van der Waals surface area contributed by atoms with E-state index in [0.29, 0.717) is 16.5 Å². The predicted molar refractivity (Wildman–Crippen MR) is 139 cm³/mol. The van der Waals surface area contributed by atoms with E-state index in [2.05, 4.69) is 12.2 Å². The summed E-state index contributed by atoms with van der Waals surface area (Å²) in [6.45, 7) is 2.26. The van der Waals surface area contributed by atoms with Crippen LogP contribution in [0.25, 0.3) is 0 Å². The molecule has 0 spiro atoms. The second kappa shape index (κ2) is 9.71. The van der Waals surface area contributed by atoms with E-state index in [1.165, 1.54) is 35.2 Å². The Morgan fingerprint density at radius 3 is 2.47 bits per heavy atom. The van der Waals surface area contributed by atoms with Crippen LogP contribution in [0.5, 0.6) is 0 Å². The van der Waals surface area contributed by atoms with Crippen LogP contribution in [0.2, 0.25) is 5.02 Å². The zero-order chi connectivity index (χ0) is 25.4. The van der Waals surface area contributed by atoms with Crippen LogP contribution in [0.4, 0.5) is 5.69 Å². The van der Waals surface area contributed by atoms with Crippen LogP contribution in [-0.4, -0.2) is 26.3 Å². The number of nitrogens with one attached hydrogen (secondary N) is 1. The van der Waals surface area contributed by atoms with Crippen molar-refractivity contribution in [2.24, 2.45) is 5.92 Å². The lowest BCUT2D eigenvalue weighted by Gasteiger charge is -2.29. The number of hydrogen-bond acceptors (Lipinski definition) is 4. The summed E-state index contributed by atoms with van der Waals surface area (Å²) < 4.78 is 27.3. The smallest absolute Gasteiger partial charge is 0.259 e. The summed E-state index contributed by atoms with van der Waals surface area (Å²) in [6, 6.07) is 17.8. The predicted octanol–water partition coefficient (Wildman–Crippen LogP) is 5.64. The molecule has 1 saturated carbocycles. The van der Waals surface area contributed by atoms with Gasteiger partial charge in [0.05, 0.1) is 27.6 Å². The van der Waals surface area contributed by atoms with Gasteiger partial charge in [0, 0.05) is 16.6 Å². The van der Waals surface area contributed by atoms with Gasteiger partial charge in [-0.3, -0.25) is 9.59 Å². The maximum absolute atomic E-state index is 13.7. The topological polar surface area (TPSA) is 83.6 Å². The molecule has 1 heterocycles. The molecule has 5 rings (SSSR count).